The molecular formula is C8H12F3NO4. The molecule has 0 saturated heterocycles. The minimum atomic E-state index is -4.59. The highest BCUT2D eigenvalue weighted by atomic mass is 19.4. The van der Waals surface area contributed by atoms with Gasteiger partial charge in [0.05, 0.1) is 6.42 Å². The number of halogens is 3. The van der Waals surface area contributed by atoms with Gasteiger partial charge in [0, 0.05) is 6.04 Å². The summed E-state index contributed by atoms with van der Waals surface area (Å²) in [5, 5.41) is 10.4. The highest BCUT2D eigenvalue weighted by Gasteiger charge is 2.30. The van der Waals surface area contributed by atoms with Gasteiger partial charge in [-0.25, -0.2) is 4.79 Å². The summed E-state index contributed by atoms with van der Waals surface area (Å²) in [6, 6.07) is -0.738. The second kappa shape index (κ2) is 6.19. The molecule has 0 fully saturated rings. The van der Waals surface area contributed by atoms with Crippen molar-refractivity contribution in [2.45, 2.75) is 32.0 Å². The van der Waals surface area contributed by atoms with Crippen LogP contribution in [-0.4, -0.2) is 36.0 Å². The molecule has 0 aromatic carbocycles. The number of aliphatic carboxylic acids is 1. The van der Waals surface area contributed by atoms with E-state index in [9.17, 15) is 22.8 Å². The van der Waals surface area contributed by atoms with Crippen molar-refractivity contribution >= 4 is 12.1 Å². The fraction of sp³-hybridized carbons (Fsp3) is 0.750. The smallest absolute Gasteiger partial charge is 0.422 e. The van der Waals surface area contributed by atoms with Crippen molar-refractivity contribution in [1.82, 2.24) is 5.32 Å². The fourth-order valence-electron chi connectivity index (χ4n) is 0.864. The second-order valence-electron chi connectivity index (χ2n) is 3.04. The van der Waals surface area contributed by atoms with E-state index in [0.717, 1.165) is 0 Å². The molecule has 0 aliphatic rings. The number of nitrogens with one attached hydrogen (secondary N) is 1. The number of ether oxygens (including phenoxy) is 1. The number of rotatable bonds is 5. The topological polar surface area (TPSA) is 75.6 Å². The largest absolute Gasteiger partial charge is 0.481 e. The van der Waals surface area contributed by atoms with Crippen LogP contribution in [0.1, 0.15) is 19.8 Å². The standard InChI is InChI=1S/C8H12F3NO4/c1-2-5(3-6(13)14)12-7(15)16-4-8(9,10)11/h5H,2-4H2,1H3,(H,12,15)(H,13,14). The van der Waals surface area contributed by atoms with Gasteiger partial charge < -0.3 is 15.2 Å². The summed E-state index contributed by atoms with van der Waals surface area (Å²) in [7, 11) is 0. The normalized spacial score (nSPS) is 13.0. The summed E-state index contributed by atoms with van der Waals surface area (Å²) in [5.41, 5.74) is 0. The molecule has 0 aliphatic heterocycles. The number of carbonyl (C=O) groups excluding carboxylic acids is 1. The Kier molecular flexibility index (Phi) is 5.62. The maximum absolute atomic E-state index is 11.6. The van der Waals surface area contributed by atoms with Gasteiger partial charge in [-0.1, -0.05) is 6.92 Å². The molecule has 0 spiro atoms. The molecule has 0 aromatic rings. The molecule has 0 aromatic heterocycles. The lowest BCUT2D eigenvalue weighted by Gasteiger charge is -2.15. The zero-order valence-electron chi connectivity index (χ0n) is 8.50. The van der Waals surface area contributed by atoms with Crippen LogP contribution in [0.15, 0.2) is 0 Å². The summed E-state index contributed by atoms with van der Waals surface area (Å²) in [6.45, 7) is -0.0972. The minimum absolute atomic E-state index is 0.285. The molecule has 0 heterocycles. The summed E-state index contributed by atoms with van der Waals surface area (Å²) in [4.78, 5) is 21.1. The SMILES string of the molecule is CCC(CC(=O)O)NC(=O)OCC(F)(F)F. The molecule has 0 radical (unpaired) electrons. The Bertz CT molecular complexity index is 254. The van der Waals surface area contributed by atoms with Crippen molar-refractivity contribution in [2.24, 2.45) is 0 Å². The third kappa shape index (κ3) is 7.89. The second-order valence-corrected chi connectivity index (χ2v) is 3.04. The van der Waals surface area contributed by atoms with Crippen LogP contribution in [0.3, 0.4) is 0 Å². The summed E-state index contributed by atoms with van der Waals surface area (Å²) in [5.74, 6) is -1.15. The van der Waals surface area contributed by atoms with E-state index < -0.39 is 30.9 Å². The van der Waals surface area contributed by atoms with Gasteiger partial charge in [-0.05, 0) is 6.42 Å². The first-order chi connectivity index (χ1) is 7.24. The summed E-state index contributed by atoms with van der Waals surface area (Å²) < 4.78 is 38.8. The zero-order chi connectivity index (χ0) is 12.8. The van der Waals surface area contributed by atoms with E-state index in [4.69, 9.17) is 5.11 Å². The predicted octanol–water partition coefficient (Wildman–Crippen LogP) is 1.53. The molecule has 2 N–H and O–H groups in total. The van der Waals surface area contributed by atoms with Crippen molar-refractivity contribution in [1.29, 1.82) is 0 Å². The third-order valence-electron chi connectivity index (χ3n) is 1.60. The molecule has 0 rings (SSSR count). The molecule has 94 valence electrons. The Morgan fingerprint density at radius 2 is 2.00 bits per heavy atom. The highest BCUT2D eigenvalue weighted by Crippen LogP contribution is 2.14. The number of carboxylic acid groups (broad SMARTS) is 1. The van der Waals surface area contributed by atoms with E-state index in [0.29, 0.717) is 0 Å². The first-order valence-electron chi connectivity index (χ1n) is 4.46. The number of alkyl carbamates (subject to hydrolysis) is 1. The molecule has 0 bridgehead atoms. The van der Waals surface area contributed by atoms with Gasteiger partial charge in [0.25, 0.3) is 0 Å². The van der Waals surface area contributed by atoms with Crippen LogP contribution in [0.4, 0.5) is 18.0 Å². The minimum Gasteiger partial charge on any atom is -0.481 e. The van der Waals surface area contributed by atoms with E-state index in [1.807, 2.05) is 5.32 Å². The number of carbonyl (C=O) groups is 2. The van der Waals surface area contributed by atoms with Crippen molar-refractivity contribution in [3.63, 3.8) is 0 Å². The Morgan fingerprint density at radius 1 is 1.44 bits per heavy atom. The number of hydrogen-bond acceptors (Lipinski definition) is 3. The highest BCUT2D eigenvalue weighted by molar-refractivity contribution is 5.71. The van der Waals surface area contributed by atoms with E-state index in [1.54, 1.807) is 6.92 Å². The molecule has 0 saturated carbocycles. The molecule has 16 heavy (non-hydrogen) atoms. The maximum Gasteiger partial charge on any atom is 0.422 e. The van der Waals surface area contributed by atoms with Crippen LogP contribution in [0.25, 0.3) is 0 Å². The van der Waals surface area contributed by atoms with Crippen molar-refractivity contribution in [3.8, 4) is 0 Å². The molecule has 8 heteroatoms. The average molecular weight is 243 g/mol. The van der Waals surface area contributed by atoms with Crippen LogP contribution in [0, 0.1) is 0 Å². The molecule has 1 atom stereocenters. The average Bonchev–Trinajstić information content (AvgIpc) is 2.12. The van der Waals surface area contributed by atoms with Gasteiger partial charge in [-0.15, -0.1) is 0 Å². The van der Waals surface area contributed by atoms with Gasteiger partial charge in [-0.2, -0.15) is 13.2 Å². The Balaban J connectivity index is 3.97. The summed E-state index contributed by atoms with van der Waals surface area (Å²) in [6.07, 6.45) is -5.94. The van der Waals surface area contributed by atoms with E-state index in [1.165, 1.54) is 0 Å². The first-order valence-corrected chi connectivity index (χ1v) is 4.46. The number of hydrogen-bond donors (Lipinski definition) is 2. The van der Waals surface area contributed by atoms with E-state index >= 15 is 0 Å². The number of amides is 1. The van der Waals surface area contributed by atoms with Crippen molar-refractivity contribution in [2.75, 3.05) is 6.61 Å². The van der Waals surface area contributed by atoms with Gasteiger partial charge in [0.1, 0.15) is 0 Å². The fourth-order valence-corrected chi connectivity index (χ4v) is 0.864. The molecule has 5 nitrogen and oxygen atoms in total. The Hall–Kier alpha value is -1.47. The quantitative estimate of drug-likeness (QED) is 0.767. The summed E-state index contributed by atoms with van der Waals surface area (Å²) >= 11 is 0. The van der Waals surface area contributed by atoms with Crippen LogP contribution >= 0.6 is 0 Å². The van der Waals surface area contributed by atoms with Gasteiger partial charge in [-0.3, -0.25) is 4.79 Å². The van der Waals surface area contributed by atoms with E-state index in [-0.39, 0.29) is 12.8 Å². The van der Waals surface area contributed by atoms with Gasteiger partial charge in [0.15, 0.2) is 6.61 Å². The molecular weight excluding hydrogens is 231 g/mol. The Labute approximate surface area is 89.6 Å². The first kappa shape index (κ1) is 14.5. The monoisotopic (exact) mass is 243 g/mol. The lowest BCUT2D eigenvalue weighted by molar-refractivity contribution is -0.160. The van der Waals surface area contributed by atoms with Crippen molar-refractivity contribution < 1.29 is 32.6 Å². The molecule has 0 aliphatic carbocycles. The van der Waals surface area contributed by atoms with Crippen LogP contribution in [-0.2, 0) is 9.53 Å². The van der Waals surface area contributed by atoms with Crippen LogP contribution < -0.4 is 5.32 Å². The molecule has 1 unspecified atom stereocenters. The predicted molar refractivity (Wildman–Crippen MR) is 46.9 cm³/mol. The van der Waals surface area contributed by atoms with Gasteiger partial charge in [0.2, 0.25) is 0 Å². The van der Waals surface area contributed by atoms with Crippen LogP contribution in [0.2, 0.25) is 0 Å². The van der Waals surface area contributed by atoms with Gasteiger partial charge >= 0.3 is 18.2 Å². The maximum atomic E-state index is 11.6. The van der Waals surface area contributed by atoms with E-state index in [2.05, 4.69) is 4.74 Å². The number of alkyl halides is 3. The van der Waals surface area contributed by atoms with Crippen molar-refractivity contribution in [3.05, 3.63) is 0 Å². The lowest BCUT2D eigenvalue weighted by Crippen LogP contribution is -2.37. The third-order valence-corrected chi connectivity index (χ3v) is 1.60. The lowest BCUT2D eigenvalue weighted by atomic mass is 10.1. The number of carboxylic acids is 1. The van der Waals surface area contributed by atoms with Crippen LogP contribution in [0.5, 0.6) is 0 Å². The Morgan fingerprint density at radius 3 is 2.38 bits per heavy atom. The zero-order valence-corrected chi connectivity index (χ0v) is 8.50. The molecule has 1 amide bonds.